The molecule has 0 aliphatic heterocycles. The van der Waals surface area contributed by atoms with E-state index in [1.54, 1.807) is 13.8 Å². The summed E-state index contributed by atoms with van der Waals surface area (Å²) in [6.45, 7) is 3.24. The zero-order valence-electron chi connectivity index (χ0n) is 11.0. The monoisotopic (exact) mass is 254 g/mol. The molecule has 2 rings (SSSR count). The second-order valence-electron chi connectivity index (χ2n) is 4.64. The van der Waals surface area contributed by atoms with Crippen LogP contribution < -0.4 is 0 Å². The molecule has 0 aromatic rings. The zero-order valence-corrected chi connectivity index (χ0v) is 11.0. The molecule has 96 valence electrons. The first kappa shape index (κ1) is 13.3. The fourth-order valence-corrected chi connectivity index (χ4v) is 1.94. The van der Waals surface area contributed by atoms with E-state index in [1.165, 1.54) is 0 Å². The van der Waals surface area contributed by atoms with Crippen molar-refractivity contribution in [2.75, 3.05) is 0 Å². The smallest absolute Gasteiger partial charge is 0.198 e. The summed E-state index contributed by atoms with van der Waals surface area (Å²) >= 11 is 0. The molecule has 0 aromatic carbocycles. The number of Topliss-reactive ketones (excluding diaryl/α,β-unsaturated/α-hetero) is 2. The maximum absolute atomic E-state index is 12.2. The van der Waals surface area contributed by atoms with Crippen LogP contribution in [0.15, 0.2) is 22.3 Å². The first-order chi connectivity index (χ1) is 9.02. The molecule has 0 bridgehead atoms. The van der Waals surface area contributed by atoms with Crippen LogP contribution in [-0.4, -0.2) is 22.8 Å². The first-order valence-corrected chi connectivity index (χ1v) is 6.22. The Balaban J connectivity index is 2.60. The van der Waals surface area contributed by atoms with Crippen LogP contribution in [0.3, 0.4) is 0 Å². The molecule has 2 aliphatic carbocycles. The second-order valence-corrected chi connectivity index (χ2v) is 4.64. The van der Waals surface area contributed by atoms with E-state index in [2.05, 4.69) is 23.7 Å². The van der Waals surface area contributed by atoms with Crippen molar-refractivity contribution in [1.29, 1.82) is 0 Å². The summed E-state index contributed by atoms with van der Waals surface area (Å²) in [6.07, 6.45) is 1.06. The van der Waals surface area contributed by atoms with Crippen molar-refractivity contribution in [2.45, 2.75) is 39.2 Å². The lowest BCUT2D eigenvalue weighted by Gasteiger charge is -2.14. The van der Waals surface area contributed by atoms with Crippen LogP contribution in [-0.2, 0) is 9.59 Å². The van der Waals surface area contributed by atoms with Gasteiger partial charge in [-0.25, -0.2) is 0 Å². The van der Waals surface area contributed by atoms with Gasteiger partial charge in [-0.15, -0.1) is 0 Å². The average molecular weight is 254 g/mol. The molecule has 0 fully saturated rings. The summed E-state index contributed by atoms with van der Waals surface area (Å²) in [5.74, 6) is 10.4. The molecule has 19 heavy (non-hydrogen) atoms. The minimum Gasteiger partial charge on any atom is -0.380 e. The van der Waals surface area contributed by atoms with Crippen LogP contribution in [0.2, 0.25) is 0 Å². The Bertz CT molecular complexity index is 639. The number of rotatable bonds is 0. The molecule has 3 nitrogen and oxygen atoms in total. The predicted octanol–water partition coefficient (Wildman–Crippen LogP) is 1.32. The molecule has 0 amide bonds. The van der Waals surface area contributed by atoms with Crippen LogP contribution in [0.25, 0.3) is 0 Å². The van der Waals surface area contributed by atoms with Crippen LogP contribution >= 0.6 is 0 Å². The van der Waals surface area contributed by atoms with Crippen molar-refractivity contribution in [3.8, 4) is 23.7 Å². The summed E-state index contributed by atoms with van der Waals surface area (Å²) in [5.41, 5.74) is 1.14. The number of aliphatic hydroxyl groups is 1. The van der Waals surface area contributed by atoms with Crippen LogP contribution in [0.4, 0.5) is 0 Å². The largest absolute Gasteiger partial charge is 0.380 e. The maximum Gasteiger partial charge on any atom is 0.198 e. The van der Waals surface area contributed by atoms with Crippen LogP contribution in [0, 0.1) is 23.7 Å². The Kier molecular flexibility index (Phi) is 3.69. The number of aliphatic hydroxyl groups excluding tert-OH is 1. The molecule has 1 N–H and O–H groups in total. The van der Waals surface area contributed by atoms with Gasteiger partial charge in [0.1, 0.15) is 6.10 Å². The van der Waals surface area contributed by atoms with Gasteiger partial charge >= 0.3 is 0 Å². The first-order valence-electron chi connectivity index (χ1n) is 6.22. The molecule has 0 saturated heterocycles. The summed E-state index contributed by atoms with van der Waals surface area (Å²) < 4.78 is 0. The lowest BCUT2D eigenvalue weighted by atomic mass is 9.85. The minimum atomic E-state index is -0.774. The molecule has 2 aliphatic rings. The summed E-state index contributed by atoms with van der Waals surface area (Å²) in [6, 6.07) is 0. The molecule has 0 saturated carbocycles. The Morgan fingerprint density at radius 3 is 2.26 bits per heavy atom. The summed E-state index contributed by atoms with van der Waals surface area (Å²) in [5, 5.41) is 9.64. The maximum atomic E-state index is 12.2. The molecular weight excluding hydrogens is 240 g/mol. The van der Waals surface area contributed by atoms with Gasteiger partial charge in [-0.2, -0.15) is 0 Å². The molecule has 0 radical (unpaired) electrons. The van der Waals surface area contributed by atoms with Crippen molar-refractivity contribution in [1.82, 2.24) is 0 Å². The van der Waals surface area contributed by atoms with Gasteiger partial charge in [0.25, 0.3) is 0 Å². The van der Waals surface area contributed by atoms with E-state index in [-0.39, 0.29) is 22.7 Å². The number of carbonyl (C=O) groups excluding carboxylic acids is 2. The van der Waals surface area contributed by atoms with Gasteiger partial charge in [-0.05, 0) is 26.7 Å². The third-order valence-electron chi connectivity index (χ3n) is 3.30. The summed E-state index contributed by atoms with van der Waals surface area (Å²) in [7, 11) is 0. The van der Waals surface area contributed by atoms with Crippen molar-refractivity contribution in [2.24, 2.45) is 0 Å². The van der Waals surface area contributed by atoms with E-state index in [0.29, 0.717) is 24.0 Å². The van der Waals surface area contributed by atoms with Crippen molar-refractivity contribution < 1.29 is 14.7 Å². The minimum absolute atomic E-state index is 0.126. The standard InChI is InChI=1S/C16H14O3/c1-10-11(2)16(19)14-9-8-12(17)6-4-3-5-7-13(14)15(10)18/h12,17H,3-4,6H2,1-2H3. The number of hydrogen-bond acceptors (Lipinski definition) is 3. The number of allylic oxidation sites excluding steroid dienone is 4. The van der Waals surface area contributed by atoms with E-state index < -0.39 is 6.10 Å². The SMILES string of the molecule is CC1=C(C)C(=O)C2=C(C#CCCCC(O)C#C2)C1=O. The van der Waals surface area contributed by atoms with Crippen molar-refractivity contribution in [3.05, 3.63) is 22.3 Å². The van der Waals surface area contributed by atoms with Crippen molar-refractivity contribution in [3.63, 3.8) is 0 Å². The molecule has 3 heteroatoms. The van der Waals surface area contributed by atoms with E-state index in [9.17, 15) is 14.7 Å². The van der Waals surface area contributed by atoms with E-state index >= 15 is 0 Å². The second kappa shape index (κ2) is 5.26. The number of ketones is 2. The Morgan fingerprint density at radius 1 is 1.05 bits per heavy atom. The third kappa shape index (κ3) is 2.52. The number of carbonyl (C=O) groups is 2. The van der Waals surface area contributed by atoms with Crippen LogP contribution in [0.5, 0.6) is 0 Å². The van der Waals surface area contributed by atoms with E-state index in [1.807, 2.05) is 0 Å². The Morgan fingerprint density at radius 2 is 1.63 bits per heavy atom. The molecule has 1 atom stereocenters. The highest BCUT2D eigenvalue weighted by Crippen LogP contribution is 2.24. The topological polar surface area (TPSA) is 54.4 Å². The van der Waals surface area contributed by atoms with E-state index in [0.717, 1.165) is 6.42 Å². The lowest BCUT2D eigenvalue weighted by Crippen LogP contribution is -2.21. The van der Waals surface area contributed by atoms with Gasteiger partial charge in [0.2, 0.25) is 0 Å². The Labute approximate surface area is 112 Å². The van der Waals surface area contributed by atoms with Crippen molar-refractivity contribution >= 4 is 11.6 Å². The fourth-order valence-electron chi connectivity index (χ4n) is 1.94. The quantitative estimate of drug-likeness (QED) is 0.524. The van der Waals surface area contributed by atoms with E-state index in [4.69, 9.17) is 0 Å². The normalized spacial score (nSPS) is 23.2. The number of hydrogen-bond donors (Lipinski definition) is 1. The average Bonchev–Trinajstić information content (AvgIpc) is 2.40. The molecule has 0 aromatic heterocycles. The van der Waals surface area contributed by atoms with Gasteiger partial charge < -0.3 is 5.11 Å². The fraction of sp³-hybridized carbons (Fsp3) is 0.375. The third-order valence-corrected chi connectivity index (χ3v) is 3.30. The predicted molar refractivity (Wildman–Crippen MR) is 70.8 cm³/mol. The Hall–Kier alpha value is -2.10. The highest BCUT2D eigenvalue weighted by molar-refractivity contribution is 6.28. The van der Waals surface area contributed by atoms with Gasteiger partial charge in [-0.3, -0.25) is 9.59 Å². The van der Waals surface area contributed by atoms with Gasteiger partial charge in [0, 0.05) is 17.6 Å². The van der Waals surface area contributed by atoms with Gasteiger partial charge in [0.15, 0.2) is 11.6 Å². The van der Waals surface area contributed by atoms with Gasteiger partial charge in [0.05, 0.1) is 11.1 Å². The lowest BCUT2D eigenvalue weighted by molar-refractivity contribution is -0.116. The molecule has 1 unspecified atom stereocenters. The molecular formula is C16H14O3. The summed E-state index contributed by atoms with van der Waals surface area (Å²) in [4.78, 5) is 24.3. The molecule has 0 spiro atoms. The van der Waals surface area contributed by atoms with Crippen LogP contribution in [0.1, 0.15) is 33.1 Å². The highest BCUT2D eigenvalue weighted by Gasteiger charge is 2.28. The zero-order chi connectivity index (χ0) is 14.0. The van der Waals surface area contributed by atoms with Gasteiger partial charge in [-0.1, -0.05) is 23.7 Å². The highest BCUT2D eigenvalue weighted by atomic mass is 16.3. The molecule has 0 heterocycles.